The fourth-order valence-corrected chi connectivity index (χ4v) is 3.22. The van der Waals surface area contributed by atoms with Gasteiger partial charge in [0.1, 0.15) is 5.75 Å². The van der Waals surface area contributed by atoms with E-state index in [1.165, 1.54) is 5.56 Å². The van der Waals surface area contributed by atoms with Crippen molar-refractivity contribution in [2.45, 2.75) is 25.0 Å². The van der Waals surface area contributed by atoms with E-state index in [0.717, 1.165) is 23.2 Å². The van der Waals surface area contributed by atoms with Gasteiger partial charge in [-0.15, -0.1) is 0 Å². The van der Waals surface area contributed by atoms with Gasteiger partial charge in [0.2, 0.25) is 0 Å². The van der Waals surface area contributed by atoms with Crippen LogP contribution in [0.4, 0.5) is 0 Å². The van der Waals surface area contributed by atoms with Gasteiger partial charge in [0.25, 0.3) is 0 Å². The molecule has 1 N–H and O–H groups in total. The number of thioether (sulfide) groups is 1. The summed E-state index contributed by atoms with van der Waals surface area (Å²) in [6.07, 6.45) is 3.80. The van der Waals surface area contributed by atoms with Gasteiger partial charge < -0.3 is 14.6 Å². The maximum absolute atomic E-state index is 5.75. The summed E-state index contributed by atoms with van der Waals surface area (Å²) < 4.78 is 7.80. The molecule has 2 aromatic rings. The molecule has 0 radical (unpaired) electrons. The molecule has 0 bridgehead atoms. The van der Waals surface area contributed by atoms with Gasteiger partial charge in [-0.1, -0.05) is 36.9 Å². The van der Waals surface area contributed by atoms with Crippen LogP contribution in [0.5, 0.6) is 5.75 Å². The Bertz CT molecular complexity index is 556. The fraction of sp³-hybridized carbons (Fsp3) is 0.438. The maximum atomic E-state index is 5.75. The van der Waals surface area contributed by atoms with E-state index in [9.17, 15) is 0 Å². The Morgan fingerprint density at radius 2 is 2.14 bits per heavy atom. The Morgan fingerprint density at radius 3 is 2.81 bits per heavy atom. The van der Waals surface area contributed by atoms with Crippen molar-refractivity contribution in [2.24, 2.45) is 7.05 Å². The van der Waals surface area contributed by atoms with Crippen LogP contribution in [0.15, 0.2) is 41.8 Å². The molecule has 1 atom stereocenters. The Labute approximate surface area is 130 Å². The van der Waals surface area contributed by atoms with E-state index in [1.54, 1.807) is 11.8 Å². The third-order valence-electron chi connectivity index (χ3n) is 3.20. The number of aromatic nitrogens is 2. The zero-order valence-electron chi connectivity index (χ0n) is 12.9. The van der Waals surface area contributed by atoms with E-state index in [4.69, 9.17) is 4.74 Å². The van der Waals surface area contributed by atoms with Crippen LogP contribution in [-0.4, -0.2) is 28.5 Å². The van der Waals surface area contributed by atoms with Crippen molar-refractivity contribution >= 4 is 11.8 Å². The van der Waals surface area contributed by atoms with E-state index in [0.29, 0.717) is 6.61 Å². The molecule has 1 aromatic heterocycles. The predicted molar refractivity (Wildman–Crippen MR) is 88.0 cm³/mol. The topological polar surface area (TPSA) is 39.1 Å². The normalized spacial score (nSPS) is 12.3. The average molecular weight is 305 g/mol. The molecule has 0 saturated heterocycles. The molecule has 1 heterocycles. The smallest absolute Gasteiger partial charge is 0.167 e. The van der Waals surface area contributed by atoms with Crippen LogP contribution in [0.2, 0.25) is 0 Å². The summed E-state index contributed by atoms with van der Waals surface area (Å²) in [5.41, 5.74) is 1.21. The molecule has 21 heavy (non-hydrogen) atoms. The molecule has 0 spiro atoms. The first-order valence-electron chi connectivity index (χ1n) is 7.31. The quantitative estimate of drug-likeness (QED) is 0.760. The van der Waals surface area contributed by atoms with Crippen LogP contribution in [0.3, 0.4) is 0 Å². The van der Waals surface area contributed by atoms with E-state index < -0.39 is 0 Å². The minimum Gasteiger partial charge on any atom is -0.494 e. The van der Waals surface area contributed by atoms with Gasteiger partial charge in [0, 0.05) is 36.8 Å². The first kappa shape index (κ1) is 15.9. The molecule has 4 nitrogen and oxygen atoms in total. The Kier molecular flexibility index (Phi) is 6.14. The lowest BCUT2D eigenvalue weighted by atomic mass is 10.1. The van der Waals surface area contributed by atoms with Gasteiger partial charge in [-0.2, -0.15) is 0 Å². The highest BCUT2D eigenvalue weighted by molar-refractivity contribution is 7.99. The third kappa shape index (κ3) is 4.25. The van der Waals surface area contributed by atoms with Crippen molar-refractivity contribution in [3.8, 4) is 5.75 Å². The fourth-order valence-electron chi connectivity index (χ4n) is 2.21. The molecular weight excluding hydrogens is 282 g/mol. The molecule has 1 unspecified atom stereocenters. The number of hydrogen-bond acceptors (Lipinski definition) is 4. The number of rotatable bonds is 8. The zero-order chi connectivity index (χ0) is 15.1. The summed E-state index contributed by atoms with van der Waals surface area (Å²) in [5.74, 6) is 1.88. The molecule has 0 aliphatic rings. The van der Waals surface area contributed by atoms with E-state index in [2.05, 4.69) is 29.4 Å². The van der Waals surface area contributed by atoms with Gasteiger partial charge in [-0.25, -0.2) is 4.98 Å². The standard InChI is InChI=1S/C16H23N3OS/c1-4-17-14(12-21-16-18-10-11-19(16)3)13-8-6-7-9-15(13)20-5-2/h6-11,14,17H,4-5,12H2,1-3H3. The molecule has 0 fully saturated rings. The van der Waals surface area contributed by atoms with Gasteiger partial charge in [-0.3, -0.25) is 0 Å². The lowest BCUT2D eigenvalue weighted by molar-refractivity contribution is 0.333. The molecule has 0 amide bonds. The van der Waals surface area contributed by atoms with Gasteiger partial charge >= 0.3 is 0 Å². The van der Waals surface area contributed by atoms with Crippen LogP contribution in [0.25, 0.3) is 0 Å². The second-order valence-electron chi connectivity index (χ2n) is 4.71. The number of benzene rings is 1. The number of ether oxygens (including phenoxy) is 1. The summed E-state index contributed by atoms with van der Waals surface area (Å²) in [6.45, 7) is 5.75. The maximum Gasteiger partial charge on any atom is 0.167 e. The van der Waals surface area contributed by atoms with Gasteiger partial charge in [0.15, 0.2) is 5.16 Å². The Morgan fingerprint density at radius 1 is 1.33 bits per heavy atom. The minimum absolute atomic E-state index is 0.249. The van der Waals surface area contributed by atoms with Crippen molar-refractivity contribution in [2.75, 3.05) is 18.9 Å². The van der Waals surface area contributed by atoms with E-state index in [-0.39, 0.29) is 6.04 Å². The van der Waals surface area contributed by atoms with Crippen LogP contribution in [0.1, 0.15) is 25.5 Å². The van der Waals surface area contributed by atoms with Gasteiger partial charge in [0.05, 0.1) is 6.61 Å². The molecule has 114 valence electrons. The SMILES string of the molecule is CCNC(CSc1nccn1C)c1ccccc1OCC. The first-order valence-corrected chi connectivity index (χ1v) is 8.30. The van der Waals surface area contributed by atoms with Crippen molar-refractivity contribution in [3.63, 3.8) is 0 Å². The lowest BCUT2D eigenvalue weighted by Crippen LogP contribution is -2.23. The van der Waals surface area contributed by atoms with Crippen molar-refractivity contribution in [1.29, 1.82) is 0 Å². The molecular formula is C16H23N3OS. The molecule has 0 aliphatic carbocycles. The number of hydrogen-bond donors (Lipinski definition) is 1. The molecule has 0 aliphatic heterocycles. The van der Waals surface area contributed by atoms with Crippen LogP contribution >= 0.6 is 11.8 Å². The van der Waals surface area contributed by atoms with Crippen LogP contribution < -0.4 is 10.1 Å². The molecule has 2 rings (SSSR count). The highest BCUT2D eigenvalue weighted by Gasteiger charge is 2.16. The Balaban J connectivity index is 2.13. The number of nitrogens with one attached hydrogen (secondary N) is 1. The van der Waals surface area contributed by atoms with E-state index >= 15 is 0 Å². The lowest BCUT2D eigenvalue weighted by Gasteiger charge is -2.20. The van der Waals surface area contributed by atoms with Gasteiger partial charge in [-0.05, 0) is 19.5 Å². The largest absolute Gasteiger partial charge is 0.494 e. The second-order valence-corrected chi connectivity index (χ2v) is 5.70. The van der Waals surface area contributed by atoms with E-state index in [1.807, 2.05) is 43.1 Å². The number of imidazole rings is 1. The molecule has 1 aromatic carbocycles. The summed E-state index contributed by atoms with van der Waals surface area (Å²) in [7, 11) is 2.02. The first-order chi connectivity index (χ1) is 10.3. The predicted octanol–water partition coefficient (Wildman–Crippen LogP) is 3.26. The summed E-state index contributed by atoms with van der Waals surface area (Å²) in [4.78, 5) is 4.37. The number of aryl methyl sites for hydroxylation is 1. The number of nitrogens with zero attached hydrogens (tertiary/aromatic N) is 2. The second kappa shape index (κ2) is 8.10. The molecule has 5 heteroatoms. The summed E-state index contributed by atoms with van der Waals surface area (Å²) in [6, 6.07) is 8.50. The molecule has 0 saturated carbocycles. The average Bonchev–Trinajstić information content (AvgIpc) is 2.90. The number of para-hydroxylation sites is 1. The third-order valence-corrected chi connectivity index (χ3v) is 4.35. The van der Waals surface area contributed by atoms with Crippen molar-refractivity contribution < 1.29 is 4.74 Å². The highest BCUT2D eigenvalue weighted by Crippen LogP contribution is 2.29. The summed E-state index contributed by atoms with van der Waals surface area (Å²) in [5, 5.41) is 4.58. The Hall–Kier alpha value is -1.46. The zero-order valence-corrected chi connectivity index (χ0v) is 13.7. The van der Waals surface area contributed by atoms with Crippen molar-refractivity contribution in [1.82, 2.24) is 14.9 Å². The van der Waals surface area contributed by atoms with Crippen molar-refractivity contribution in [3.05, 3.63) is 42.2 Å². The monoisotopic (exact) mass is 305 g/mol. The summed E-state index contributed by atoms with van der Waals surface area (Å²) >= 11 is 1.76. The van der Waals surface area contributed by atoms with Crippen LogP contribution in [-0.2, 0) is 7.05 Å². The van der Waals surface area contributed by atoms with Crippen LogP contribution in [0, 0.1) is 0 Å². The highest BCUT2D eigenvalue weighted by atomic mass is 32.2. The minimum atomic E-state index is 0.249.